The maximum Gasteiger partial charge on any atom is 0.305 e. The van der Waals surface area contributed by atoms with Crippen LogP contribution in [0.15, 0.2) is 0 Å². The van der Waals surface area contributed by atoms with Crippen molar-refractivity contribution >= 4 is 15.8 Å². The summed E-state index contributed by atoms with van der Waals surface area (Å²) >= 11 is 0. The molecule has 0 aromatic carbocycles. The van der Waals surface area contributed by atoms with Gasteiger partial charge < -0.3 is 4.74 Å². The molecule has 2 heterocycles. The van der Waals surface area contributed by atoms with Crippen molar-refractivity contribution in [2.24, 2.45) is 5.92 Å². The Hall–Kier alpha value is -0.580. The van der Waals surface area contributed by atoms with E-state index >= 15 is 0 Å². The van der Waals surface area contributed by atoms with Gasteiger partial charge in [-0.2, -0.15) is 0 Å². The summed E-state index contributed by atoms with van der Waals surface area (Å²) < 4.78 is 28.6. The highest BCUT2D eigenvalue weighted by molar-refractivity contribution is 7.92. The number of carbonyl (C=O) groups is 1. The van der Waals surface area contributed by atoms with E-state index in [0.29, 0.717) is 19.3 Å². The molecular weight excluding hydrogens is 228 g/mol. The highest BCUT2D eigenvalue weighted by Gasteiger charge is 2.44. The number of sulfone groups is 1. The summed E-state index contributed by atoms with van der Waals surface area (Å²) in [4.78, 5) is 11.2. The molecule has 2 atom stereocenters. The minimum Gasteiger partial charge on any atom is -0.469 e. The quantitative estimate of drug-likeness (QED) is 0.689. The number of esters is 1. The van der Waals surface area contributed by atoms with Crippen LogP contribution >= 0.6 is 0 Å². The second-order valence-electron chi connectivity index (χ2n) is 4.88. The molecule has 0 spiro atoms. The molecule has 0 amide bonds. The predicted molar refractivity (Wildman–Crippen MR) is 59.7 cm³/mol. The van der Waals surface area contributed by atoms with E-state index in [-0.39, 0.29) is 22.4 Å². The molecule has 0 aromatic rings. The molecule has 5 heteroatoms. The van der Waals surface area contributed by atoms with Gasteiger partial charge in [0.25, 0.3) is 0 Å². The molecule has 2 unspecified atom stereocenters. The first kappa shape index (κ1) is 11.9. The Morgan fingerprint density at radius 1 is 1.25 bits per heavy atom. The lowest BCUT2D eigenvalue weighted by Gasteiger charge is -2.38. The first-order valence-electron chi connectivity index (χ1n) is 5.83. The number of methoxy groups -OCH3 is 1. The highest BCUT2D eigenvalue weighted by Crippen LogP contribution is 2.40. The second kappa shape index (κ2) is 4.35. The average molecular weight is 246 g/mol. The topological polar surface area (TPSA) is 60.4 Å². The molecule has 2 bridgehead atoms. The number of rotatable bonds is 2. The SMILES string of the molecule is COC(=O)CC1CC2CCCC(C1)S2(=O)=O. The first-order chi connectivity index (χ1) is 7.54. The molecule has 2 fully saturated rings. The molecular formula is C11H18O4S. The van der Waals surface area contributed by atoms with Gasteiger partial charge in [-0.15, -0.1) is 0 Å². The Bertz CT molecular complexity index is 353. The molecule has 2 saturated heterocycles. The fraction of sp³-hybridized carbons (Fsp3) is 0.909. The number of carbonyl (C=O) groups excluding carboxylic acids is 1. The zero-order valence-electron chi connectivity index (χ0n) is 9.52. The zero-order valence-corrected chi connectivity index (χ0v) is 10.3. The number of hydrogen-bond donors (Lipinski definition) is 0. The van der Waals surface area contributed by atoms with Crippen LogP contribution in [-0.2, 0) is 19.4 Å². The number of hydrogen-bond acceptors (Lipinski definition) is 4. The summed E-state index contributed by atoms with van der Waals surface area (Å²) in [7, 11) is -1.52. The molecule has 0 N–H and O–H groups in total. The van der Waals surface area contributed by atoms with E-state index in [2.05, 4.69) is 4.74 Å². The van der Waals surface area contributed by atoms with Gasteiger partial charge in [0.2, 0.25) is 0 Å². The Labute approximate surface area is 96.3 Å². The van der Waals surface area contributed by atoms with Crippen molar-refractivity contribution in [1.29, 1.82) is 0 Å². The van der Waals surface area contributed by atoms with Crippen LogP contribution in [0.5, 0.6) is 0 Å². The third-order valence-electron chi connectivity index (χ3n) is 3.86. The highest BCUT2D eigenvalue weighted by atomic mass is 32.2. The zero-order chi connectivity index (χ0) is 11.8. The van der Waals surface area contributed by atoms with Gasteiger partial charge in [0.05, 0.1) is 17.6 Å². The van der Waals surface area contributed by atoms with E-state index in [1.807, 2.05) is 0 Å². The summed E-state index contributed by atoms with van der Waals surface area (Å²) in [6.07, 6.45) is 4.23. The van der Waals surface area contributed by atoms with E-state index in [4.69, 9.17) is 0 Å². The Morgan fingerprint density at radius 2 is 1.81 bits per heavy atom. The standard InChI is InChI=1S/C11H18O4S/c1-15-11(12)7-8-5-9-3-2-4-10(6-8)16(9,13)14/h8-10H,2-7H2,1H3. The van der Waals surface area contributed by atoms with Crippen LogP contribution in [0.1, 0.15) is 38.5 Å². The summed E-state index contributed by atoms with van der Waals surface area (Å²) in [5.41, 5.74) is 0. The van der Waals surface area contributed by atoms with Gasteiger partial charge in [0, 0.05) is 6.42 Å². The molecule has 4 nitrogen and oxygen atoms in total. The van der Waals surface area contributed by atoms with E-state index in [1.54, 1.807) is 0 Å². The monoisotopic (exact) mass is 246 g/mol. The van der Waals surface area contributed by atoms with Gasteiger partial charge in [0.1, 0.15) is 0 Å². The van der Waals surface area contributed by atoms with Crippen LogP contribution in [0.2, 0.25) is 0 Å². The lowest BCUT2D eigenvalue weighted by molar-refractivity contribution is -0.141. The largest absolute Gasteiger partial charge is 0.469 e. The first-order valence-corrected chi connectivity index (χ1v) is 7.44. The van der Waals surface area contributed by atoms with E-state index in [9.17, 15) is 13.2 Å². The third kappa shape index (κ3) is 2.10. The van der Waals surface area contributed by atoms with E-state index in [1.165, 1.54) is 7.11 Å². The van der Waals surface area contributed by atoms with Crippen LogP contribution in [0, 0.1) is 5.92 Å². The lowest BCUT2D eigenvalue weighted by atomic mass is 9.87. The van der Waals surface area contributed by atoms with Gasteiger partial charge in [-0.05, 0) is 31.6 Å². The number of fused-ring (bicyclic) bond motifs is 2. The van der Waals surface area contributed by atoms with Gasteiger partial charge in [-0.3, -0.25) is 4.79 Å². The van der Waals surface area contributed by atoms with Crippen molar-refractivity contribution in [3.63, 3.8) is 0 Å². The average Bonchev–Trinajstić information content (AvgIpc) is 2.19. The minimum absolute atomic E-state index is 0.199. The number of ether oxygens (including phenoxy) is 1. The normalized spacial score (nSPS) is 36.7. The molecule has 2 aliphatic heterocycles. The van der Waals surface area contributed by atoms with E-state index < -0.39 is 9.84 Å². The fourth-order valence-corrected chi connectivity index (χ4v) is 5.62. The minimum atomic E-state index is -2.89. The van der Waals surface area contributed by atoms with Crippen LogP contribution in [0.25, 0.3) is 0 Å². The van der Waals surface area contributed by atoms with E-state index in [0.717, 1.165) is 19.3 Å². The van der Waals surface area contributed by atoms with Crippen molar-refractivity contribution in [2.45, 2.75) is 49.0 Å². The third-order valence-corrected chi connectivity index (χ3v) is 6.57. The molecule has 92 valence electrons. The summed E-state index contributed by atoms with van der Waals surface area (Å²) in [6, 6.07) is 0. The Balaban J connectivity index is 2.06. The molecule has 0 saturated carbocycles. The Morgan fingerprint density at radius 3 is 2.31 bits per heavy atom. The maximum absolute atomic E-state index is 12.0. The molecule has 2 rings (SSSR count). The van der Waals surface area contributed by atoms with Crippen molar-refractivity contribution in [1.82, 2.24) is 0 Å². The van der Waals surface area contributed by atoms with Crippen molar-refractivity contribution in [2.75, 3.05) is 7.11 Å². The second-order valence-corrected chi connectivity index (χ2v) is 7.39. The fourth-order valence-electron chi connectivity index (χ4n) is 3.00. The van der Waals surface area contributed by atoms with Gasteiger partial charge in [0.15, 0.2) is 9.84 Å². The Kier molecular flexibility index (Phi) is 3.24. The molecule has 0 radical (unpaired) electrons. The van der Waals surface area contributed by atoms with Crippen molar-refractivity contribution in [3.8, 4) is 0 Å². The molecule has 16 heavy (non-hydrogen) atoms. The predicted octanol–water partition coefficient (Wildman–Crippen LogP) is 1.30. The summed E-state index contributed by atoms with van der Waals surface area (Å²) in [6.45, 7) is 0. The van der Waals surface area contributed by atoms with Crippen molar-refractivity contribution < 1.29 is 17.9 Å². The van der Waals surface area contributed by atoms with Gasteiger partial charge in [-0.1, -0.05) is 6.42 Å². The summed E-state index contributed by atoms with van der Waals surface area (Å²) in [5, 5.41) is -0.399. The van der Waals surface area contributed by atoms with Crippen molar-refractivity contribution in [3.05, 3.63) is 0 Å². The van der Waals surface area contributed by atoms with Crippen LogP contribution in [-0.4, -0.2) is 32.0 Å². The smallest absolute Gasteiger partial charge is 0.305 e. The van der Waals surface area contributed by atoms with Gasteiger partial charge >= 0.3 is 5.97 Å². The maximum atomic E-state index is 12.0. The molecule has 0 aromatic heterocycles. The summed E-state index contributed by atoms with van der Waals surface area (Å²) in [5.74, 6) is -0.0198. The lowest BCUT2D eigenvalue weighted by Crippen LogP contribution is -2.43. The van der Waals surface area contributed by atoms with Crippen LogP contribution in [0.3, 0.4) is 0 Å². The molecule has 2 aliphatic rings. The molecule has 0 aliphatic carbocycles. The van der Waals surface area contributed by atoms with Crippen LogP contribution in [0.4, 0.5) is 0 Å². The van der Waals surface area contributed by atoms with Gasteiger partial charge in [-0.25, -0.2) is 8.42 Å². The van der Waals surface area contributed by atoms with Crippen LogP contribution < -0.4 is 0 Å².